The fourth-order valence-corrected chi connectivity index (χ4v) is 1.37. The molecule has 4 nitrogen and oxygen atoms in total. The van der Waals surface area contributed by atoms with Gasteiger partial charge in [0.25, 0.3) is 0 Å². The summed E-state index contributed by atoms with van der Waals surface area (Å²) < 4.78 is 25.8. The average Bonchev–Trinajstić information content (AvgIpc) is 2.28. The minimum atomic E-state index is -0.826. The highest BCUT2D eigenvalue weighted by Crippen LogP contribution is 2.14. The van der Waals surface area contributed by atoms with E-state index in [1.807, 2.05) is 0 Å². The summed E-state index contributed by atoms with van der Waals surface area (Å²) in [6.45, 7) is 0.367. The molecule has 2 amide bonds. The molecule has 4 N–H and O–H groups in total. The van der Waals surface area contributed by atoms with Crippen LogP contribution >= 0.6 is 12.2 Å². The number of carbonyl (C=O) groups excluding carboxylic acids is 1. The maximum atomic E-state index is 13.2. The molecule has 0 radical (unpaired) electrons. The van der Waals surface area contributed by atoms with Crippen LogP contribution in [0.4, 0.5) is 19.3 Å². The zero-order valence-corrected chi connectivity index (χ0v) is 10.3. The number of thiocarbonyl (C=S) groups is 1. The van der Waals surface area contributed by atoms with E-state index in [0.29, 0.717) is 30.4 Å². The first-order chi connectivity index (χ1) is 8.49. The Morgan fingerprint density at radius 3 is 2.72 bits per heavy atom. The zero-order valence-electron chi connectivity index (χ0n) is 9.50. The van der Waals surface area contributed by atoms with E-state index in [0.717, 1.165) is 12.1 Å². The van der Waals surface area contributed by atoms with Crippen molar-refractivity contribution in [3.8, 4) is 0 Å². The molecule has 1 aromatic carbocycles. The lowest BCUT2D eigenvalue weighted by Gasteiger charge is -2.08. The molecular weight excluding hydrogens is 260 g/mol. The van der Waals surface area contributed by atoms with Gasteiger partial charge in [-0.25, -0.2) is 13.6 Å². The number of halogens is 2. The van der Waals surface area contributed by atoms with Crippen LogP contribution in [0.15, 0.2) is 18.2 Å². The number of hydrogen-bond acceptors (Lipinski definition) is 2. The maximum Gasteiger partial charge on any atom is 0.319 e. The summed E-state index contributed by atoms with van der Waals surface area (Å²) in [6.07, 6.45) is 1.13. The number of benzene rings is 1. The normalized spacial score (nSPS) is 9.89. The Labute approximate surface area is 109 Å². The monoisotopic (exact) mass is 273 g/mol. The van der Waals surface area contributed by atoms with Gasteiger partial charge in [0.05, 0.1) is 10.7 Å². The number of amides is 2. The van der Waals surface area contributed by atoms with Gasteiger partial charge in [0.15, 0.2) is 0 Å². The van der Waals surface area contributed by atoms with E-state index in [2.05, 4.69) is 22.9 Å². The lowest BCUT2D eigenvalue weighted by molar-refractivity contribution is 0.252. The molecule has 1 aromatic rings. The lowest BCUT2D eigenvalue weighted by Crippen LogP contribution is -2.30. The van der Waals surface area contributed by atoms with E-state index in [1.165, 1.54) is 0 Å². The summed E-state index contributed by atoms with van der Waals surface area (Å²) in [4.78, 5) is 11.7. The molecule has 1 rings (SSSR count). The van der Waals surface area contributed by atoms with E-state index in [-0.39, 0.29) is 5.69 Å². The minimum Gasteiger partial charge on any atom is -0.393 e. The SMILES string of the molecule is NC(=S)CCCNC(=O)Nc1ccc(F)cc1F. The number of nitrogens with two attached hydrogens (primary N) is 1. The third-order valence-corrected chi connectivity index (χ3v) is 2.27. The van der Waals surface area contributed by atoms with Crippen molar-refractivity contribution in [2.24, 2.45) is 5.73 Å². The van der Waals surface area contributed by atoms with Gasteiger partial charge in [0, 0.05) is 12.6 Å². The zero-order chi connectivity index (χ0) is 13.5. The molecule has 98 valence electrons. The highest BCUT2D eigenvalue weighted by Gasteiger charge is 2.07. The standard InChI is InChI=1S/C11H13F2N3OS/c12-7-3-4-9(8(13)6-7)16-11(17)15-5-1-2-10(14)18/h3-4,6H,1-2,5H2,(H2,14,18)(H2,15,16,17). The molecule has 0 bridgehead atoms. The van der Waals surface area contributed by atoms with Crippen LogP contribution < -0.4 is 16.4 Å². The van der Waals surface area contributed by atoms with Crippen LogP contribution in [0.5, 0.6) is 0 Å². The van der Waals surface area contributed by atoms with Gasteiger partial charge < -0.3 is 16.4 Å². The number of hydrogen-bond donors (Lipinski definition) is 3. The highest BCUT2D eigenvalue weighted by molar-refractivity contribution is 7.80. The molecule has 0 spiro atoms. The number of carbonyl (C=O) groups is 1. The number of rotatable bonds is 5. The second-order valence-corrected chi connectivity index (χ2v) is 4.10. The predicted octanol–water partition coefficient (Wildman–Crippen LogP) is 2.15. The van der Waals surface area contributed by atoms with E-state index in [1.54, 1.807) is 0 Å². The van der Waals surface area contributed by atoms with Crippen molar-refractivity contribution in [1.82, 2.24) is 5.32 Å². The van der Waals surface area contributed by atoms with Crippen molar-refractivity contribution in [1.29, 1.82) is 0 Å². The number of anilines is 1. The summed E-state index contributed by atoms with van der Waals surface area (Å²) in [7, 11) is 0. The molecule has 0 fully saturated rings. The molecule has 0 saturated carbocycles. The molecule has 0 aliphatic heterocycles. The van der Waals surface area contributed by atoms with Crippen LogP contribution in [0.2, 0.25) is 0 Å². The van der Waals surface area contributed by atoms with Crippen LogP contribution in [-0.2, 0) is 0 Å². The summed E-state index contributed by atoms with van der Waals surface area (Å²) in [5.74, 6) is -1.52. The van der Waals surface area contributed by atoms with Crippen LogP contribution in [0.3, 0.4) is 0 Å². The molecule has 0 aliphatic rings. The molecule has 7 heteroatoms. The molecular formula is C11H13F2N3OS. The van der Waals surface area contributed by atoms with Crippen molar-refractivity contribution >= 4 is 28.9 Å². The van der Waals surface area contributed by atoms with Crippen LogP contribution in [0, 0.1) is 11.6 Å². The van der Waals surface area contributed by atoms with E-state index >= 15 is 0 Å². The fraction of sp³-hybridized carbons (Fsp3) is 0.273. The van der Waals surface area contributed by atoms with Gasteiger partial charge in [-0.1, -0.05) is 12.2 Å². The molecule has 0 saturated heterocycles. The molecule has 0 atom stereocenters. The van der Waals surface area contributed by atoms with Gasteiger partial charge in [0.1, 0.15) is 11.6 Å². The molecule has 0 heterocycles. The third-order valence-electron chi connectivity index (χ3n) is 2.06. The molecule has 0 aliphatic carbocycles. The third kappa shape index (κ3) is 5.05. The van der Waals surface area contributed by atoms with Crippen molar-refractivity contribution in [2.45, 2.75) is 12.8 Å². The second-order valence-electron chi connectivity index (χ2n) is 3.57. The molecule has 0 aromatic heterocycles. The Balaban J connectivity index is 2.38. The summed E-state index contributed by atoms with van der Waals surface area (Å²) in [6, 6.07) is 2.34. The first-order valence-electron chi connectivity index (χ1n) is 5.27. The Hall–Kier alpha value is -1.76. The Bertz CT molecular complexity index is 454. The van der Waals surface area contributed by atoms with Crippen molar-refractivity contribution in [3.63, 3.8) is 0 Å². The van der Waals surface area contributed by atoms with Gasteiger partial charge in [-0.3, -0.25) is 0 Å². The van der Waals surface area contributed by atoms with Crippen LogP contribution in [0.1, 0.15) is 12.8 Å². The number of nitrogens with one attached hydrogen (secondary N) is 2. The Morgan fingerprint density at radius 2 is 2.11 bits per heavy atom. The topological polar surface area (TPSA) is 67.1 Å². The molecule has 0 unspecified atom stereocenters. The van der Waals surface area contributed by atoms with Crippen LogP contribution in [0.25, 0.3) is 0 Å². The van der Waals surface area contributed by atoms with E-state index in [9.17, 15) is 13.6 Å². The fourth-order valence-electron chi connectivity index (χ4n) is 1.22. The average molecular weight is 273 g/mol. The van der Waals surface area contributed by atoms with Gasteiger partial charge in [-0.05, 0) is 25.0 Å². The van der Waals surface area contributed by atoms with Gasteiger partial charge in [0.2, 0.25) is 0 Å². The molecule has 18 heavy (non-hydrogen) atoms. The van der Waals surface area contributed by atoms with E-state index < -0.39 is 17.7 Å². The quantitative estimate of drug-likeness (QED) is 0.569. The van der Waals surface area contributed by atoms with E-state index in [4.69, 9.17) is 5.73 Å². The van der Waals surface area contributed by atoms with Gasteiger partial charge in [-0.15, -0.1) is 0 Å². The van der Waals surface area contributed by atoms with Gasteiger partial charge in [-0.2, -0.15) is 0 Å². The van der Waals surface area contributed by atoms with Crippen molar-refractivity contribution in [3.05, 3.63) is 29.8 Å². The van der Waals surface area contributed by atoms with Crippen LogP contribution in [-0.4, -0.2) is 17.6 Å². The minimum absolute atomic E-state index is 0.0803. The highest BCUT2D eigenvalue weighted by atomic mass is 32.1. The smallest absolute Gasteiger partial charge is 0.319 e. The summed E-state index contributed by atoms with van der Waals surface area (Å²) in [5, 5.41) is 4.77. The second kappa shape index (κ2) is 6.85. The summed E-state index contributed by atoms with van der Waals surface area (Å²) in [5.41, 5.74) is 5.20. The first-order valence-corrected chi connectivity index (χ1v) is 5.68. The van der Waals surface area contributed by atoms with Gasteiger partial charge >= 0.3 is 6.03 Å². The number of urea groups is 1. The largest absolute Gasteiger partial charge is 0.393 e. The Kier molecular flexibility index (Phi) is 5.44. The maximum absolute atomic E-state index is 13.2. The van der Waals surface area contributed by atoms with Crippen molar-refractivity contribution in [2.75, 3.05) is 11.9 Å². The first kappa shape index (κ1) is 14.3. The summed E-state index contributed by atoms with van der Waals surface area (Å²) >= 11 is 4.67. The lowest BCUT2D eigenvalue weighted by atomic mass is 10.3. The Morgan fingerprint density at radius 1 is 1.39 bits per heavy atom. The van der Waals surface area contributed by atoms with Crippen molar-refractivity contribution < 1.29 is 13.6 Å². The predicted molar refractivity (Wildman–Crippen MR) is 69.4 cm³/mol.